The first-order chi connectivity index (χ1) is 15.4. The van der Waals surface area contributed by atoms with Gasteiger partial charge in [0.15, 0.2) is 17.3 Å². The fourth-order valence-electron chi connectivity index (χ4n) is 3.10. The van der Waals surface area contributed by atoms with Crippen LogP contribution in [0.15, 0.2) is 58.1 Å². The Morgan fingerprint density at radius 2 is 2.00 bits per heavy atom. The van der Waals surface area contributed by atoms with Crippen LogP contribution >= 0.6 is 23.4 Å². The number of hydrogen-bond donors (Lipinski definition) is 1. The summed E-state index contributed by atoms with van der Waals surface area (Å²) in [6.45, 7) is 4.34. The smallest absolute Gasteiger partial charge is 0.283 e. The van der Waals surface area contributed by atoms with Crippen LogP contribution in [-0.2, 0) is 11.4 Å². The summed E-state index contributed by atoms with van der Waals surface area (Å²) in [7, 11) is 1.52. The Balaban J connectivity index is 1.62. The van der Waals surface area contributed by atoms with Gasteiger partial charge in [-0.15, -0.1) is 0 Å². The largest absolute Gasteiger partial charge is 0.493 e. The van der Waals surface area contributed by atoms with Gasteiger partial charge in [-0.2, -0.15) is 15.1 Å². The van der Waals surface area contributed by atoms with Gasteiger partial charge >= 0.3 is 0 Å². The number of amides is 1. The summed E-state index contributed by atoms with van der Waals surface area (Å²) in [6.07, 6.45) is 1.56. The van der Waals surface area contributed by atoms with Crippen LogP contribution in [0.1, 0.15) is 25.0 Å². The molecule has 2 aromatic carbocycles. The molecular weight excluding hydrogens is 448 g/mol. The fraction of sp³-hybridized carbons (Fsp3) is 0.217. The minimum atomic E-state index is -0.492. The number of hydrazone groups is 1. The third-order valence-corrected chi connectivity index (χ3v) is 6.24. The lowest BCUT2D eigenvalue weighted by molar-refractivity contribution is -0.114. The SMILES string of the molecule is COc1cc(/C=C2/C(=N)N3N=C(C(C)C)SC3=NC2=O)cc(Cl)c1OCc1ccccc1. The summed E-state index contributed by atoms with van der Waals surface area (Å²) in [6, 6.07) is 13.1. The number of methoxy groups -OCH3 is 1. The molecule has 2 aromatic rings. The number of amidine groups is 2. The van der Waals surface area contributed by atoms with E-state index in [1.807, 2.05) is 44.2 Å². The van der Waals surface area contributed by atoms with Crippen LogP contribution in [0.4, 0.5) is 0 Å². The average Bonchev–Trinajstić information content (AvgIpc) is 3.21. The second-order valence-electron chi connectivity index (χ2n) is 7.42. The van der Waals surface area contributed by atoms with Crippen LogP contribution in [-0.4, -0.2) is 34.1 Å². The van der Waals surface area contributed by atoms with E-state index < -0.39 is 5.91 Å². The van der Waals surface area contributed by atoms with Crippen molar-refractivity contribution in [2.75, 3.05) is 7.11 Å². The number of hydrogen-bond acceptors (Lipinski definition) is 6. The van der Waals surface area contributed by atoms with Crippen LogP contribution in [0.5, 0.6) is 11.5 Å². The van der Waals surface area contributed by atoms with E-state index in [1.165, 1.54) is 23.9 Å². The topological polar surface area (TPSA) is 87.3 Å². The van der Waals surface area contributed by atoms with Gasteiger partial charge in [0, 0.05) is 5.92 Å². The van der Waals surface area contributed by atoms with Crippen LogP contribution in [0, 0.1) is 11.3 Å². The molecule has 7 nitrogen and oxygen atoms in total. The number of thioether (sulfide) groups is 1. The Labute approximate surface area is 195 Å². The highest BCUT2D eigenvalue weighted by Gasteiger charge is 2.36. The van der Waals surface area contributed by atoms with Gasteiger partial charge in [-0.25, -0.2) is 0 Å². The van der Waals surface area contributed by atoms with E-state index in [0.717, 1.165) is 10.6 Å². The maximum Gasteiger partial charge on any atom is 0.283 e. The molecule has 2 aliphatic heterocycles. The number of nitrogens with zero attached hydrogens (tertiary/aromatic N) is 3. The van der Waals surface area contributed by atoms with Gasteiger partial charge in [0.2, 0.25) is 5.17 Å². The Kier molecular flexibility index (Phi) is 6.34. The van der Waals surface area contributed by atoms with E-state index in [-0.39, 0.29) is 17.3 Å². The lowest BCUT2D eigenvalue weighted by Gasteiger charge is -2.20. The molecule has 0 atom stereocenters. The predicted molar refractivity (Wildman–Crippen MR) is 129 cm³/mol. The van der Waals surface area contributed by atoms with E-state index in [0.29, 0.717) is 33.9 Å². The molecule has 32 heavy (non-hydrogen) atoms. The molecular formula is C23H21ClN4O3S. The quantitative estimate of drug-likeness (QED) is 0.588. The number of carbonyl (C=O) groups excluding carboxylic acids is 1. The molecule has 0 bridgehead atoms. The van der Waals surface area contributed by atoms with Gasteiger partial charge < -0.3 is 9.47 Å². The number of rotatable bonds is 6. The number of nitrogens with one attached hydrogen (secondary N) is 1. The summed E-state index contributed by atoms with van der Waals surface area (Å²) >= 11 is 7.79. The number of benzene rings is 2. The van der Waals surface area contributed by atoms with E-state index >= 15 is 0 Å². The van der Waals surface area contributed by atoms with Crippen molar-refractivity contribution in [1.82, 2.24) is 5.01 Å². The minimum absolute atomic E-state index is 0.0253. The summed E-state index contributed by atoms with van der Waals surface area (Å²) in [5.74, 6) is 0.495. The van der Waals surface area contributed by atoms with Crippen molar-refractivity contribution in [1.29, 1.82) is 5.41 Å². The van der Waals surface area contributed by atoms with Gasteiger partial charge in [0.05, 0.1) is 17.7 Å². The van der Waals surface area contributed by atoms with Crippen LogP contribution in [0.2, 0.25) is 5.02 Å². The monoisotopic (exact) mass is 468 g/mol. The number of fused-ring (bicyclic) bond motifs is 1. The first-order valence-corrected chi connectivity index (χ1v) is 11.1. The van der Waals surface area contributed by atoms with E-state index in [1.54, 1.807) is 18.2 Å². The molecule has 0 unspecified atom stereocenters. The van der Waals surface area contributed by atoms with Gasteiger partial charge in [0.1, 0.15) is 11.7 Å². The maximum absolute atomic E-state index is 12.6. The lowest BCUT2D eigenvalue weighted by atomic mass is 10.1. The first kappa shape index (κ1) is 22.1. The third kappa shape index (κ3) is 4.42. The highest BCUT2D eigenvalue weighted by molar-refractivity contribution is 8.27. The zero-order valence-corrected chi connectivity index (χ0v) is 19.3. The maximum atomic E-state index is 12.6. The Bertz CT molecular complexity index is 1180. The van der Waals surface area contributed by atoms with Crippen molar-refractivity contribution < 1.29 is 14.3 Å². The lowest BCUT2D eigenvalue weighted by Crippen LogP contribution is -2.35. The molecule has 2 heterocycles. The van der Waals surface area contributed by atoms with Crippen molar-refractivity contribution in [2.24, 2.45) is 16.0 Å². The van der Waals surface area contributed by atoms with Gasteiger partial charge in [0.25, 0.3) is 5.91 Å². The van der Waals surface area contributed by atoms with Gasteiger partial charge in [-0.3, -0.25) is 10.2 Å². The Morgan fingerprint density at radius 3 is 2.69 bits per heavy atom. The average molecular weight is 469 g/mol. The van der Waals surface area contributed by atoms with Crippen molar-refractivity contribution in [3.05, 3.63) is 64.2 Å². The van der Waals surface area contributed by atoms with Crippen molar-refractivity contribution >= 4 is 51.4 Å². The van der Waals surface area contributed by atoms with Gasteiger partial charge in [-0.1, -0.05) is 55.8 Å². The standard InChI is InChI=1S/C23H21ClN4O3S/c1-13(2)22-27-28-20(25)16(21(29)26-23(28)32-22)9-15-10-17(24)19(18(11-15)30-3)31-12-14-7-5-4-6-8-14/h4-11,13,25H,12H2,1-3H3/b16-9-,25-20?. The second-order valence-corrected chi connectivity index (χ2v) is 8.82. The minimum Gasteiger partial charge on any atom is -0.493 e. The molecule has 9 heteroatoms. The summed E-state index contributed by atoms with van der Waals surface area (Å²) in [5, 5.41) is 15.9. The second kappa shape index (κ2) is 9.18. The molecule has 0 saturated carbocycles. The molecule has 0 spiro atoms. The fourth-order valence-corrected chi connectivity index (χ4v) is 4.27. The van der Waals surface area contributed by atoms with Gasteiger partial charge in [-0.05, 0) is 41.1 Å². The Hall–Kier alpha value is -3.10. The molecule has 164 valence electrons. The molecule has 0 saturated heterocycles. The van der Waals surface area contributed by atoms with E-state index in [4.69, 9.17) is 26.5 Å². The highest BCUT2D eigenvalue weighted by atomic mass is 35.5. The van der Waals surface area contributed by atoms with Crippen LogP contribution in [0.25, 0.3) is 6.08 Å². The number of halogens is 1. The summed E-state index contributed by atoms with van der Waals surface area (Å²) < 4.78 is 11.4. The predicted octanol–water partition coefficient (Wildman–Crippen LogP) is 5.20. The molecule has 2 aliphatic rings. The summed E-state index contributed by atoms with van der Waals surface area (Å²) in [4.78, 5) is 16.7. The Morgan fingerprint density at radius 1 is 1.25 bits per heavy atom. The normalized spacial score (nSPS) is 16.9. The molecule has 0 aliphatic carbocycles. The van der Waals surface area contributed by atoms with E-state index in [9.17, 15) is 4.79 Å². The third-order valence-electron chi connectivity index (χ3n) is 4.75. The molecule has 0 aromatic heterocycles. The van der Waals surface area contributed by atoms with Crippen LogP contribution in [0.3, 0.4) is 0 Å². The number of aliphatic imine (C=N–C) groups is 1. The molecule has 0 fully saturated rings. The molecule has 0 radical (unpaired) electrons. The first-order valence-electron chi connectivity index (χ1n) is 9.91. The van der Waals surface area contributed by atoms with E-state index in [2.05, 4.69) is 10.1 Å². The molecule has 1 amide bonds. The number of ether oxygens (including phenoxy) is 2. The van der Waals surface area contributed by atoms with Crippen LogP contribution < -0.4 is 9.47 Å². The number of carbonyl (C=O) groups is 1. The zero-order chi connectivity index (χ0) is 22.8. The van der Waals surface area contributed by atoms with Crippen molar-refractivity contribution in [2.45, 2.75) is 20.5 Å². The zero-order valence-electron chi connectivity index (χ0n) is 17.8. The van der Waals surface area contributed by atoms with Crippen molar-refractivity contribution in [3.63, 3.8) is 0 Å². The molecule has 1 N–H and O–H groups in total. The van der Waals surface area contributed by atoms with Crippen molar-refractivity contribution in [3.8, 4) is 11.5 Å². The highest BCUT2D eigenvalue weighted by Crippen LogP contribution is 2.38. The molecule has 4 rings (SSSR count). The summed E-state index contributed by atoms with van der Waals surface area (Å²) in [5.41, 5.74) is 1.71.